The van der Waals surface area contributed by atoms with Gasteiger partial charge in [-0.1, -0.05) is 60.7 Å². The van der Waals surface area contributed by atoms with E-state index in [4.69, 9.17) is 11.6 Å². The molecular weight excluding hydrogens is 301 g/mol. The highest BCUT2D eigenvalue weighted by Crippen LogP contribution is 2.32. The molecule has 0 unspecified atom stereocenters. The monoisotopic (exact) mass is 313 g/mol. The second-order valence-corrected chi connectivity index (χ2v) is 6.98. The van der Waals surface area contributed by atoms with Gasteiger partial charge in [-0.25, -0.2) is 0 Å². The molecule has 1 heterocycles. The van der Waals surface area contributed by atoms with Crippen LogP contribution in [0.4, 0.5) is 4.79 Å². The minimum atomic E-state index is -0.805. The first-order valence-electron chi connectivity index (χ1n) is 6.55. The van der Waals surface area contributed by atoms with Crippen molar-refractivity contribution in [2.24, 2.45) is 0 Å². The molecule has 3 aromatic rings. The minimum Gasteiger partial charge on any atom is -0.273 e. The largest absolute Gasteiger partial charge is 0.324 e. The molecule has 0 fully saturated rings. The van der Waals surface area contributed by atoms with Crippen LogP contribution in [0.25, 0.3) is 0 Å². The Balaban J connectivity index is 2.18. The lowest BCUT2D eigenvalue weighted by atomic mass is 10.4. The van der Waals surface area contributed by atoms with E-state index in [9.17, 15) is 4.79 Å². The molecule has 0 spiro atoms. The number of halogens is 1. The van der Waals surface area contributed by atoms with Gasteiger partial charge < -0.3 is 0 Å². The summed E-state index contributed by atoms with van der Waals surface area (Å²) in [4.78, 5) is 11.6. The van der Waals surface area contributed by atoms with Crippen molar-refractivity contribution in [3.8, 4) is 0 Å². The van der Waals surface area contributed by atoms with E-state index in [0.717, 1.165) is 5.44 Å². The van der Waals surface area contributed by atoms with Crippen LogP contribution in [-0.2, 0) is 0 Å². The first-order valence-corrected chi connectivity index (χ1v) is 8.27. The van der Waals surface area contributed by atoms with Gasteiger partial charge in [0.2, 0.25) is 0 Å². The van der Waals surface area contributed by atoms with Crippen molar-refractivity contribution in [2.45, 2.75) is 0 Å². The Bertz CT molecular complexity index is 700. The van der Waals surface area contributed by atoms with Crippen LogP contribution in [0.1, 0.15) is 0 Å². The predicted octanol–water partition coefficient (Wildman–Crippen LogP) is 3.45. The molecule has 2 nitrogen and oxygen atoms in total. The summed E-state index contributed by atoms with van der Waals surface area (Å²) in [5.74, 6) is 0. The number of rotatable bonds is 3. The maximum Gasteiger partial charge on any atom is 0.324 e. The second-order valence-electron chi connectivity index (χ2n) is 4.50. The molecule has 2 aromatic carbocycles. The molecule has 4 heteroatoms. The van der Waals surface area contributed by atoms with Crippen LogP contribution in [0.2, 0.25) is 0 Å². The Morgan fingerprint density at radius 2 is 1.33 bits per heavy atom. The van der Waals surface area contributed by atoms with Gasteiger partial charge in [0.05, 0.1) is 5.44 Å². The molecule has 0 saturated heterocycles. The van der Waals surface area contributed by atoms with Crippen molar-refractivity contribution in [2.75, 3.05) is 0 Å². The van der Waals surface area contributed by atoms with Crippen LogP contribution in [0, 0.1) is 0 Å². The molecule has 104 valence electrons. The zero-order valence-corrected chi connectivity index (χ0v) is 12.8. The average Bonchev–Trinajstić information content (AvgIpc) is 2.99. The number of carbonyl (C=O) groups excluding carboxylic acids is 1. The first kappa shape index (κ1) is 14.1. The number of hydrogen-bond donors (Lipinski definition) is 0. The van der Waals surface area contributed by atoms with Gasteiger partial charge in [0.25, 0.3) is 0 Å². The van der Waals surface area contributed by atoms with Gasteiger partial charge in [0.15, 0.2) is 0 Å². The highest BCUT2D eigenvalue weighted by Gasteiger charge is 2.20. The van der Waals surface area contributed by atoms with Crippen molar-refractivity contribution >= 4 is 40.9 Å². The lowest BCUT2D eigenvalue weighted by Crippen LogP contribution is -2.27. The molecule has 0 N–H and O–H groups in total. The van der Waals surface area contributed by atoms with E-state index in [1.54, 1.807) is 6.20 Å². The van der Waals surface area contributed by atoms with E-state index < -0.39 is 13.3 Å². The van der Waals surface area contributed by atoms with Gasteiger partial charge in [0.1, 0.15) is 0 Å². The number of aromatic nitrogens is 1. The van der Waals surface area contributed by atoms with Gasteiger partial charge in [-0.3, -0.25) is 9.36 Å². The molecular formula is C17H13ClNOP. The van der Waals surface area contributed by atoms with Crippen LogP contribution in [-0.4, -0.2) is 9.93 Å². The zero-order chi connectivity index (χ0) is 14.7. The van der Waals surface area contributed by atoms with Crippen molar-refractivity contribution in [1.29, 1.82) is 0 Å². The molecule has 0 bridgehead atoms. The Morgan fingerprint density at radius 3 is 1.81 bits per heavy atom. The van der Waals surface area contributed by atoms with Gasteiger partial charge in [-0.2, -0.15) is 0 Å². The van der Waals surface area contributed by atoms with Crippen molar-refractivity contribution < 1.29 is 4.79 Å². The van der Waals surface area contributed by atoms with Gasteiger partial charge >= 0.3 is 5.37 Å². The first-order chi connectivity index (χ1) is 10.3. The van der Waals surface area contributed by atoms with E-state index in [2.05, 4.69) is 24.3 Å². The SMILES string of the molecule is O=C(Cl)n1cccc1P(c1ccccc1)c1ccccc1. The molecule has 0 aliphatic carbocycles. The van der Waals surface area contributed by atoms with Crippen molar-refractivity contribution in [3.63, 3.8) is 0 Å². The van der Waals surface area contributed by atoms with Crippen LogP contribution in [0.3, 0.4) is 0 Å². The Kier molecular flexibility index (Phi) is 4.19. The fourth-order valence-corrected chi connectivity index (χ4v) is 4.85. The quantitative estimate of drug-likeness (QED) is 0.536. The lowest BCUT2D eigenvalue weighted by Gasteiger charge is -2.19. The highest BCUT2D eigenvalue weighted by molar-refractivity contribution is 7.79. The van der Waals surface area contributed by atoms with Crippen LogP contribution >= 0.6 is 19.5 Å². The zero-order valence-electron chi connectivity index (χ0n) is 11.2. The summed E-state index contributed by atoms with van der Waals surface area (Å²) < 4.78 is 1.52. The van der Waals surface area contributed by atoms with Crippen molar-refractivity contribution in [1.82, 2.24) is 4.57 Å². The van der Waals surface area contributed by atoms with E-state index >= 15 is 0 Å². The number of hydrogen-bond acceptors (Lipinski definition) is 1. The molecule has 0 aliphatic heterocycles. The number of nitrogens with zero attached hydrogens (tertiary/aromatic N) is 1. The highest BCUT2D eigenvalue weighted by atomic mass is 35.5. The van der Waals surface area contributed by atoms with Crippen molar-refractivity contribution in [3.05, 3.63) is 79.0 Å². The van der Waals surface area contributed by atoms with E-state index in [-0.39, 0.29) is 0 Å². The normalized spacial score (nSPS) is 10.8. The Labute approximate surface area is 129 Å². The van der Waals surface area contributed by atoms with Crippen LogP contribution < -0.4 is 16.0 Å². The molecule has 3 rings (SSSR count). The van der Waals surface area contributed by atoms with Gasteiger partial charge in [-0.05, 0) is 34.3 Å². The third kappa shape index (κ3) is 2.92. The summed E-state index contributed by atoms with van der Waals surface area (Å²) in [7, 11) is -0.805. The molecule has 0 aliphatic rings. The molecule has 0 saturated carbocycles. The molecule has 0 radical (unpaired) electrons. The van der Waals surface area contributed by atoms with Crippen LogP contribution in [0.15, 0.2) is 79.0 Å². The summed E-state index contributed by atoms with van der Waals surface area (Å²) in [6, 6.07) is 24.2. The Hall–Kier alpha value is -1.89. The fraction of sp³-hybridized carbons (Fsp3) is 0. The standard InChI is InChI=1S/C17H13ClNOP/c18-17(20)19-13-7-12-16(19)21(14-8-3-1-4-9-14)15-10-5-2-6-11-15/h1-13H. The lowest BCUT2D eigenvalue weighted by molar-refractivity contribution is 0.261. The summed E-state index contributed by atoms with van der Waals surface area (Å²) in [5.41, 5.74) is 0.933. The summed E-state index contributed by atoms with van der Waals surface area (Å²) in [6.07, 6.45) is 1.71. The summed E-state index contributed by atoms with van der Waals surface area (Å²) >= 11 is 5.70. The Morgan fingerprint density at radius 1 is 0.810 bits per heavy atom. The molecule has 0 atom stereocenters. The van der Waals surface area contributed by atoms with Gasteiger partial charge in [-0.15, -0.1) is 0 Å². The average molecular weight is 314 g/mol. The van der Waals surface area contributed by atoms with E-state index in [1.807, 2.05) is 48.5 Å². The number of carbonyl (C=O) groups is 1. The summed E-state index contributed by atoms with van der Waals surface area (Å²) in [5, 5.41) is 1.91. The predicted molar refractivity (Wildman–Crippen MR) is 89.8 cm³/mol. The minimum absolute atomic E-state index is 0.477. The maximum absolute atomic E-state index is 11.6. The topological polar surface area (TPSA) is 22.0 Å². The smallest absolute Gasteiger partial charge is 0.273 e. The molecule has 1 aromatic heterocycles. The maximum atomic E-state index is 11.6. The fourth-order valence-electron chi connectivity index (χ4n) is 2.27. The van der Waals surface area contributed by atoms with E-state index in [0.29, 0.717) is 0 Å². The van der Waals surface area contributed by atoms with Gasteiger partial charge in [0, 0.05) is 14.1 Å². The van der Waals surface area contributed by atoms with Crippen LogP contribution in [0.5, 0.6) is 0 Å². The molecule has 21 heavy (non-hydrogen) atoms. The van der Waals surface area contributed by atoms with E-state index in [1.165, 1.54) is 15.2 Å². The number of benzene rings is 2. The third-order valence-electron chi connectivity index (χ3n) is 3.17. The second kappa shape index (κ2) is 6.26. The molecule has 0 amide bonds. The summed E-state index contributed by atoms with van der Waals surface area (Å²) in [6.45, 7) is 0. The third-order valence-corrected chi connectivity index (χ3v) is 5.81.